The van der Waals surface area contributed by atoms with Crippen molar-refractivity contribution in [2.45, 2.75) is 11.8 Å². The number of aromatic carboxylic acids is 1. The number of rotatable bonds is 3. The molecule has 0 saturated heterocycles. The smallest absolute Gasteiger partial charge is 0.337 e. The fourth-order valence-corrected chi connectivity index (χ4v) is 1.37. The number of carboxylic acid groups (broad SMARTS) is 1. The van der Waals surface area contributed by atoms with Crippen LogP contribution >= 0.6 is 15.9 Å². The summed E-state index contributed by atoms with van der Waals surface area (Å²) >= 11 is 2.86. The standard InChI is InChI=1S/C8H5BrF3NO2/c9-2-5-4(10)1-3(8(14)15)6(13-5)7(11)12/h1,7H,2H2,(H,14,15). The molecule has 0 unspecified atom stereocenters. The number of alkyl halides is 3. The normalized spacial score (nSPS) is 10.7. The predicted octanol–water partition coefficient (Wildman–Crippen LogP) is 2.75. The third-order valence-electron chi connectivity index (χ3n) is 1.64. The lowest BCUT2D eigenvalue weighted by Crippen LogP contribution is -2.09. The van der Waals surface area contributed by atoms with Crippen molar-refractivity contribution in [3.8, 4) is 0 Å². The van der Waals surface area contributed by atoms with Gasteiger partial charge in [-0.15, -0.1) is 0 Å². The van der Waals surface area contributed by atoms with E-state index in [2.05, 4.69) is 20.9 Å². The average Bonchev–Trinajstić information content (AvgIpc) is 2.16. The average molecular weight is 284 g/mol. The summed E-state index contributed by atoms with van der Waals surface area (Å²) in [6.07, 6.45) is -3.05. The van der Waals surface area contributed by atoms with Crippen LogP contribution in [-0.4, -0.2) is 16.1 Å². The Labute approximate surface area is 91.1 Å². The summed E-state index contributed by atoms with van der Waals surface area (Å²) < 4.78 is 37.8. The summed E-state index contributed by atoms with van der Waals surface area (Å²) in [6, 6.07) is 0.549. The molecule has 3 nitrogen and oxygen atoms in total. The van der Waals surface area contributed by atoms with E-state index in [0.29, 0.717) is 6.07 Å². The number of hydrogen-bond acceptors (Lipinski definition) is 2. The number of nitrogens with zero attached hydrogens (tertiary/aromatic N) is 1. The van der Waals surface area contributed by atoms with Crippen LogP contribution in [0.2, 0.25) is 0 Å². The number of aromatic nitrogens is 1. The molecule has 0 amide bonds. The Balaban J connectivity index is 3.38. The molecule has 1 aromatic heterocycles. The Morgan fingerprint density at radius 2 is 2.20 bits per heavy atom. The number of hydrogen-bond donors (Lipinski definition) is 1. The molecule has 1 aromatic rings. The Morgan fingerprint density at radius 3 is 2.60 bits per heavy atom. The molecule has 1 rings (SSSR count). The van der Waals surface area contributed by atoms with Crippen LogP contribution in [0.3, 0.4) is 0 Å². The highest BCUT2D eigenvalue weighted by Gasteiger charge is 2.22. The molecule has 1 N–H and O–H groups in total. The molecular formula is C8H5BrF3NO2. The summed E-state index contributed by atoms with van der Waals surface area (Å²) in [5.74, 6) is -2.55. The van der Waals surface area contributed by atoms with Crippen LogP contribution in [0, 0.1) is 5.82 Å². The van der Waals surface area contributed by atoms with Gasteiger partial charge in [-0.05, 0) is 6.07 Å². The molecule has 0 aliphatic carbocycles. The molecule has 1 heterocycles. The van der Waals surface area contributed by atoms with Gasteiger partial charge >= 0.3 is 5.97 Å². The van der Waals surface area contributed by atoms with Crippen molar-refractivity contribution in [2.24, 2.45) is 0 Å². The minimum atomic E-state index is -3.05. The van der Waals surface area contributed by atoms with Gasteiger partial charge in [0.15, 0.2) is 0 Å². The topological polar surface area (TPSA) is 50.2 Å². The molecule has 0 atom stereocenters. The maximum Gasteiger partial charge on any atom is 0.337 e. The van der Waals surface area contributed by atoms with E-state index < -0.39 is 29.5 Å². The molecule has 0 bridgehead atoms. The molecule has 0 saturated carbocycles. The maximum absolute atomic E-state index is 13.1. The van der Waals surface area contributed by atoms with E-state index in [9.17, 15) is 18.0 Å². The summed E-state index contributed by atoms with van der Waals surface area (Å²) in [7, 11) is 0. The van der Waals surface area contributed by atoms with Crippen LogP contribution in [0.25, 0.3) is 0 Å². The maximum atomic E-state index is 13.1. The van der Waals surface area contributed by atoms with Crippen LogP contribution in [0.1, 0.15) is 28.2 Å². The first-order valence-electron chi connectivity index (χ1n) is 3.74. The van der Waals surface area contributed by atoms with Gasteiger partial charge in [0.05, 0.1) is 11.3 Å². The van der Waals surface area contributed by atoms with E-state index in [1.807, 2.05) is 0 Å². The molecule has 0 spiro atoms. The van der Waals surface area contributed by atoms with E-state index in [-0.39, 0.29) is 11.0 Å². The zero-order chi connectivity index (χ0) is 11.6. The number of pyridine rings is 1. The minimum Gasteiger partial charge on any atom is -0.478 e. The number of carbonyl (C=O) groups is 1. The Morgan fingerprint density at radius 1 is 1.60 bits per heavy atom. The van der Waals surface area contributed by atoms with E-state index >= 15 is 0 Å². The van der Waals surface area contributed by atoms with Gasteiger partial charge in [0, 0.05) is 5.33 Å². The van der Waals surface area contributed by atoms with Gasteiger partial charge in [0.2, 0.25) is 0 Å². The zero-order valence-electron chi connectivity index (χ0n) is 7.18. The van der Waals surface area contributed by atoms with Crippen molar-refractivity contribution in [2.75, 3.05) is 0 Å². The SMILES string of the molecule is O=C(O)c1cc(F)c(CBr)nc1C(F)F. The van der Waals surface area contributed by atoms with E-state index in [4.69, 9.17) is 5.11 Å². The third kappa shape index (κ3) is 2.47. The summed E-state index contributed by atoms with van der Waals surface area (Å²) in [4.78, 5) is 13.8. The minimum absolute atomic E-state index is 0.0571. The van der Waals surface area contributed by atoms with Crippen LogP contribution < -0.4 is 0 Å². The van der Waals surface area contributed by atoms with Crippen molar-refractivity contribution in [1.82, 2.24) is 4.98 Å². The first-order valence-corrected chi connectivity index (χ1v) is 4.86. The lowest BCUT2D eigenvalue weighted by molar-refractivity contribution is 0.0681. The van der Waals surface area contributed by atoms with Gasteiger partial charge in [0.1, 0.15) is 11.5 Å². The highest BCUT2D eigenvalue weighted by Crippen LogP contribution is 2.23. The second-order valence-corrected chi connectivity index (χ2v) is 3.15. The van der Waals surface area contributed by atoms with Crippen molar-refractivity contribution in [3.63, 3.8) is 0 Å². The van der Waals surface area contributed by atoms with Gasteiger partial charge < -0.3 is 5.11 Å². The first-order chi connectivity index (χ1) is 6.97. The predicted molar refractivity (Wildman–Crippen MR) is 48.7 cm³/mol. The fourth-order valence-electron chi connectivity index (χ4n) is 0.974. The molecule has 82 valence electrons. The van der Waals surface area contributed by atoms with Crippen molar-refractivity contribution in [3.05, 3.63) is 28.8 Å². The third-order valence-corrected chi connectivity index (χ3v) is 2.17. The van der Waals surface area contributed by atoms with Gasteiger partial charge in [-0.1, -0.05) is 15.9 Å². The molecule has 0 aliphatic heterocycles. The summed E-state index contributed by atoms with van der Waals surface area (Å²) in [6.45, 7) is 0. The van der Waals surface area contributed by atoms with E-state index in [1.165, 1.54) is 0 Å². The van der Waals surface area contributed by atoms with Crippen LogP contribution in [0.4, 0.5) is 13.2 Å². The molecule has 0 aliphatic rings. The van der Waals surface area contributed by atoms with Gasteiger partial charge in [-0.25, -0.2) is 22.9 Å². The lowest BCUT2D eigenvalue weighted by atomic mass is 10.1. The van der Waals surface area contributed by atoms with Gasteiger partial charge in [-0.3, -0.25) is 0 Å². The van der Waals surface area contributed by atoms with Crippen LogP contribution in [0.15, 0.2) is 6.07 Å². The highest BCUT2D eigenvalue weighted by molar-refractivity contribution is 9.08. The highest BCUT2D eigenvalue weighted by atomic mass is 79.9. The summed E-state index contributed by atoms with van der Waals surface area (Å²) in [5.41, 5.74) is -1.97. The van der Waals surface area contributed by atoms with Crippen LogP contribution in [-0.2, 0) is 5.33 Å². The first kappa shape index (κ1) is 12.0. The quantitative estimate of drug-likeness (QED) is 0.868. The van der Waals surface area contributed by atoms with Crippen molar-refractivity contribution in [1.29, 1.82) is 0 Å². The second kappa shape index (κ2) is 4.61. The number of carboxylic acids is 1. The Bertz CT molecular complexity index is 398. The molecule has 0 radical (unpaired) electrons. The molecule has 0 aromatic carbocycles. The van der Waals surface area contributed by atoms with Crippen molar-refractivity contribution >= 4 is 21.9 Å². The zero-order valence-corrected chi connectivity index (χ0v) is 8.76. The van der Waals surface area contributed by atoms with Gasteiger partial charge in [-0.2, -0.15) is 0 Å². The Kier molecular flexibility index (Phi) is 3.67. The molecule has 0 fully saturated rings. The molecular weight excluding hydrogens is 279 g/mol. The lowest BCUT2D eigenvalue weighted by Gasteiger charge is -2.06. The second-order valence-electron chi connectivity index (χ2n) is 2.59. The molecule has 15 heavy (non-hydrogen) atoms. The summed E-state index contributed by atoms with van der Waals surface area (Å²) in [5, 5.41) is 8.49. The van der Waals surface area contributed by atoms with Crippen LogP contribution in [0.5, 0.6) is 0 Å². The van der Waals surface area contributed by atoms with Gasteiger partial charge in [0.25, 0.3) is 6.43 Å². The monoisotopic (exact) mass is 283 g/mol. The fraction of sp³-hybridized carbons (Fsp3) is 0.250. The van der Waals surface area contributed by atoms with E-state index in [0.717, 1.165) is 0 Å². The van der Waals surface area contributed by atoms with Crippen molar-refractivity contribution < 1.29 is 23.1 Å². The largest absolute Gasteiger partial charge is 0.478 e. The number of halogens is 4. The molecule has 7 heteroatoms. The van der Waals surface area contributed by atoms with E-state index in [1.54, 1.807) is 0 Å². The Hall–Kier alpha value is -1.11.